The fraction of sp³-hybridized carbons (Fsp3) is 0.636. The van der Waals surface area contributed by atoms with Gasteiger partial charge >= 0.3 is 0 Å². The molecule has 1 aliphatic carbocycles. The molecule has 0 aromatic carbocycles. The maximum Gasteiger partial charge on any atom is 0.189 e. The van der Waals surface area contributed by atoms with Crippen molar-refractivity contribution < 1.29 is 4.52 Å². The molecule has 3 N–H and O–H groups in total. The number of guanidine groups is 1. The summed E-state index contributed by atoms with van der Waals surface area (Å²) in [6.07, 6.45) is 7.90. The Kier molecular flexibility index (Phi) is 3.80. The van der Waals surface area contributed by atoms with Crippen molar-refractivity contribution in [3.05, 3.63) is 18.0 Å². The summed E-state index contributed by atoms with van der Waals surface area (Å²) in [5.41, 5.74) is 5.80. The van der Waals surface area contributed by atoms with Gasteiger partial charge in [0.25, 0.3) is 0 Å². The van der Waals surface area contributed by atoms with Crippen LogP contribution in [0, 0.1) is 0 Å². The molecule has 5 heteroatoms. The van der Waals surface area contributed by atoms with Crippen LogP contribution in [0.1, 0.15) is 37.9 Å². The second-order valence-corrected chi connectivity index (χ2v) is 4.16. The Balaban J connectivity index is 1.77. The van der Waals surface area contributed by atoms with Crippen molar-refractivity contribution in [2.75, 3.05) is 0 Å². The zero-order valence-electron chi connectivity index (χ0n) is 9.35. The molecule has 1 aliphatic rings. The summed E-state index contributed by atoms with van der Waals surface area (Å²) in [4.78, 5) is 4.21. The second kappa shape index (κ2) is 5.53. The molecule has 0 amide bonds. The molecule has 1 aromatic heterocycles. The van der Waals surface area contributed by atoms with Crippen LogP contribution in [0.4, 0.5) is 0 Å². The van der Waals surface area contributed by atoms with Gasteiger partial charge in [0, 0.05) is 12.1 Å². The summed E-state index contributed by atoms with van der Waals surface area (Å²) in [5, 5.41) is 6.86. The predicted molar refractivity (Wildman–Crippen MR) is 61.8 cm³/mol. The Hall–Kier alpha value is -1.52. The minimum Gasteiger partial charge on any atom is -0.370 e. The van der Waals surface area contributed by atoms with E-state index in [9.17, 15) is 0 Å². The van der Waals surface area contributed by atoms with Gasteiger partial charge in [0.05, 0.1) is 6.20 Å². The lowest BCUT2D eigenvalue weighted by molar-refractivity contribution is 0.384. The lowest BCUT2D eigenvalue weighted by Gasteiger charge is -2.23. The summed E-state index contributed by atoms with van der Waals surface area (Å²) >= 11 is 0. The van der Waals surface area contributed by atoms with Crippen LogP contribution < -0.4 is 11.1 Å². The molecule has 0 aliphatic heterocycles. The Morgan fingerprint density at radius 3 is 3.00 bits per heavy atom. The van der Waals surface area contributed by atoms with Crippen molar-refractivity contribution in [1.82, 2.24) is 10.5 Å². The monoisotopic (exact) mass is 222 g/mol. The Bertz CT molecular complexity index is 328. The molecule has 0 spiro atoms. The molecule has 0 atom stereocenters. The number of aliphatic imine (C=N–C) groups is 1. The van der Waals surface area contributed by atoms with E-state index in [-0.39, 0.29) is 0 Å². The topological polar surface area (TPSA) is 76.4 Å². The Morgan fingerprint density at radius 2 is 2.31 bits per heavy atom. The van der Waals surface area contributed by atoms with Gasteiger partial charge in [-0.1, -0.05) is 24.4 Å². The summed E-state index contributed by atoms with van der Waals surface area (Å²) in [6.45, 7) is 0.450. The molecule has 5 nitrogen and oxygen atoms in total. The smallest absolute Gasteiger partial charge is 0.189 e. The fourth-order valence-electron chi connectivity index (χ4n) is 1.99. The van der Waals surface area contributed by atoms with Crippen molar-refractivity contribution in [3.8, 4) is 0 Å². The van der Waals surface area contributed by atoms with Crippen LogP contribution in [0.5, 0.6) is 0 Å². The van der Waals surface area contributed by atoms with E-state index in [1.165, 1.54) is 32.1 Å². The zero-order valence-corrected chi connectivity index (χ0v) is 9.35. The highest BCUT2D eigenvalue weighted by Crippen LogP contribution is 2.17. The number of nitrogens with one attached hydrogen (secondary N) is 1. The third-order valence-corrected chi connectivity index (χ3v) is 2.85. The lowest BCUT2D eigenvalue weighted by Crippen LogP contribution is -2.41. The maximum atomic E-state index is 5.80. The average Bonchev–Trinajstić information content (AvgIpc) is 2.81. The van der Waals surface area contributed by atoms with Crippen molar-refractivity contribution in [2.45, 2.75) is 44.7 Å². The second-order valence-electron chi connectivity index (χ2n) is 4.16. The number of rotatable bonds is 3. The molecule has 0 radical (unpaired) electrons. The fourth-order valence-corrected chi connectivity index (χ4v) is 1.99. The van der Waals surface area contributed by atoms with E-state index in [0.29, 0.717) is 18.5 Å². The molecule has 0 saturated heterocycles. The number of hydrogen-bond acceptors (Lipinski definition) is 3. The minimum absolute atomic E-state index is 0.450. The van der Waals surface area contributed by atoms with Gasteiger partial charge in [-0.3, -0.25) is 0 Å². The van der Waals surface area contributed by atoms with Gasteiger partial charge in [0.15, 0.2) is 11.7 Å². The molecule has 0 unspecified atom stereocenters. The van der Waals surface area contributed by atoms with Crippen LogP contribution in [-0.4, -0.2) is 17.2 Å². The van der Waals surface area contributed by atoms with E-state index in [1.54, 1.807) is 12.3 Å². The molecule has 1 aromatic rings. The standard InChI is InChI=1S/C11H18N4O/c12-11(13-8-10-6-7-14-16-10)15-9-4-2-1-3-5-9/h6-7,9H,1-5,8H2,(H3,12,13,15). The van der Waals surface area contributed by atoms with Gasteiger partial charge in [0.2, 0.25) is 0 Å². The predicted octanol–water partition coefficient (Wildman–Crippen LogP) is 1.41. The first kappa shape index (κ1) is 11.0. The lowest BCUT2D eigenvalue weighted by atomic mass is 9.96. The van der Waals surface area contributed by atoms with Crippen molar-refractivity contribution >= 4 is 5.96 Å². The highest BCUT2D eigenvalue weighted by Gasteiger charge is 2.13. The molecule has 16 heavy (non-hydrogen) atoms. The third-order valence-electron chi connectivity index (χ3n) is 2.85. The molecule has 2 rings (SSSR count). The first-order valence-corrected chi connectivity index (χ1v) is 5.80. The van der Waals surface area contributed by atoms with E-state index >= 15 is 0 Å². The van der Waals surface area contributed by atoms with Gasteiger partial charge in [-0.25, -0.2) is 4.99 Å². The van der Waals surface area contributed by atoms with Gasteiger partial charge in [-0.2, -0.15) is 0 Å². The third kappa shape index (κ3) is 3.25. The largest absolute Gasteiger partial charge is 0.370 e. The molecule has 88 valence electrons. The molecular formula is C11H18N4O. The van der Waals surface area contributed by atoms with Crippen molar-refractivity contribution in [1.29, 1.82) is 0 Å². The van der Waals surface area contributed by atoms with Gasteiger partial charge in [-0.05, 0) is 12.8 Å². The van der Waals surface area contributed by atoms with E-state index in [1.807, 2.05) is 0 Å². The number of nitrogens with two attached hydrogens (primary N) is 1. The normalized spacial score (nSPS) is 18.6. The zero-order chi connectivity index (χ0) is 11.2. The van der Waals surface area contributed by atoms with E-state index < -0.39 is 0 Å². The van der Waals surface area contributed by atoms with E-state index in [0.717, 1.165) is 5.76 Å². The van der Waals surface area contributed by atoms with E-state index in [4.69, 9.17) is 10.3 Å². The maximum absolute atomic E-state index is 5.80. The summed E-state index contributed by atoms with van der Waals surface area (Å²) in [5.74, 6) is 1.23. The highest BCUT2D eigenvalue weighted by atomic mass is 16.5. The molecule has 1 saturated carbocycles. The van der Waals surface area contributed by atoms with Crippen LogP contribution >= 0.6 is 0 Å². The first-order valence-electron chi connectivity index (χ1n) is 5.80. The van der Waals surface area contributed by atoms with Crippen molar-refractivity contribution in [3.63, 3.8) is 0 Å². The Morgan fingerprint density at radius 1 is 1.50 bits per heavy atom. The molecule has 1 fully saturated rings. The number of hydrogen-bond donors (Lipinski definition) is 2. The van der Waals surface area contributed by atoms with Gasteiger partial charge in [-0.15, -0.1) is 0 Å². The van der Waals surface area contributed by atoms with Crippen LogP contribution in [0.3, 0.4) is 0 Å². The summed E-state index contributed by atoms with van der Waals surface area (Å²) in [6, 6.07) is 2.28. The SMILES string of the molecule is NC(=NCc1ccno1)NC1CCCCC1. The van der Waals surface area contributed by atoms with Crippen LogP contribution in [0.2, 0.25) is 0 Å². The molecule has 0 bridgehead atoms. The minimum atomic E-state index is 0.450. The molecule has 1 heterocycles. The average molecular weight is 222 g/mol. The first-order chi connectivity index (χ1) is 7.84. The summed E-state index contributed by atoms with van der Waals surface area (Å²) in [7, 11) is 0. The quantitative estimate of drug-likeness (QED) is 0.599. The number of nitrogens with zero attached hydrogens (tertiary/aromatic N) is 2. The van der Waals surface area contributed by atoms with Crippen LogP contribution in [-0.2, 0) is 6.54 Å². The van der Waals surface area contributed by atoms with Crippen molar-refractivity contribution in [2.24, 2.45) is 10.7 Å². The molecular weight excluding hydrogens is 204 g/mol. The highest BCUT2D eigenvalue weighted by molar-refractivity contribution is 5.78. The summed E-state index contributed by atoms with van der Waals surface area (Å²) < 4.78 is 4.93. The van der Waals surface area contributed by atoms with Gasteiger partial charge in [0.1, 0.15) is 6.54 Å². The van der Waals surface area contributed by atoms with Crippen LogP contribution in [0.15, 0.2) is 21.8 Å². The Labute approximate surface area is 95.1 Å². The van der Waals surface area contributed by atoms with E-state index in [2.05, 4.69) is 15.5 Å². The number of aromatic nitrogens is 1. The van der Waals surface area contributed by atoms with Gasteiger partial charge < -0.3 is 15.6 Å². The van der Waals surface area contributed by atoms with Crippen LogP contribution in [0.25, 0.3) is 0 Å².